The molecule has 0 heterocycles. The van der Waals surface area contributed by atoms with Crippen LogP contribution in [-0.2, 0) is 9.47 Å². The second-order valence-corrected chi connectivity index (χ2v) is 5.05. The second kappa shape index (κ2) is 16.9. The van der Waals surface area contributed by atoms with Crippen molar-refractivity contribution in [3.63, 3.8) is 0 Å². The molecule has 0 atom stereocenters. The van der Waals surface area contributed by atoms with Crippen molar-refractivity contribution in [1.29, 1.82) is 0 Å². The monoisotopic (exact) mass is 258 g/mol. The third-order valence-electron chi connectivity index (χ3n) is 3.16. The van der Waals surface area contributed by atoms with Gasteiger partial charge in [0.25, 0.3) is 0 Å². The molecule has 110 valence electrons. The Morgan fingerprint density at radius 2 is 0.833 bits per heavy atom. The Labute approximate surface area is 114 Å². The number of hydrogen-bond donors (Lipinski definition) is 0. The van der Waals surface area contributed by atoms with E-state index in [1.807, 2.05) is 0 Å². The van der Waals surface area contributed by atoms with Crippen LogP contribution in [0.3, 0.4) is 0 Å². The van der Waals surface area contributed by atoms with Crippen LogP contribution in [0.25, 0.3) is 0 Å². The van der Waals surface area contributed by atoms with Crippen LogP contribution in [0.5, 0.6) is 0 Å². The molecule has 0 aliphatic rings. The van der Waals surface area contributed by atoms with Crippen LogP contribution in [0.2, 0.25) is 0 Å². The van der Waals surface area contributed by atoms with E-state index in [2.05, 4.69) is 13.8 Å². The quantitative estimate of drug-likeness (QED) is 0.386. The average molecular weight is 258 g/mol. The van der Waals surface area contributed by atoms with E-state index in [0.717, 1.165) is 26.4 Å². The molecule has 0 rings (SSSR count). The van der Waals surface area contributed by atoms with Gasteiger partial charge in [-0.2, -0.15) is 0 Å². The third-order valence-corrected chi connectivity index (χ3v) is 3.16. The topological polar surface area (TPSA) is 18.5 Å². The SMILES string of the molecule is CCCCCCCCOCCOCCCCCC. The van der Waals surface area contributed by atoms with Gasteiger partial charge < -0.3 is 9.47 Å². The fraction of sp³-hybridized carbons (Fsp3) is 1.00. The summed E-state index contributed by atoms with van der Waals surface area (Å²) in [6.07, 6.45) is 13.1. The zero-order valence-electron chi connectivity index (χ0n) is 12.7. The fourth-order valence-corrected chi connectivity index (χ4v) is 1.94. The van der Waals surface area contributed by atoms with Gasteiger partial charge in [-0.1, -0.05) is 65.2 Å². The largest absolute Gasteiger partial charge is 0.379 e. The smallest absolute Gasteiger partial charge is 0.0700 e. The van der Waals surface area contributed by atoms with Gasteiger partial charge in [-0.3, -0.25) is 0 Å². The Morgan fingerprint density at radius 3 is 1.33 bits per heavy atom. The van der Waals surface area contributed by atoms with Crippen LogP contribution in [-0.4, -0.2) is 26.4 Å². The van der Waals surface area contributed by atoms with Crippen LogP contribution >= 0.6 is 0 Å². The molecule has 18 heavy (non-hydrogen) atoms. The summed E-state index contributed by atoms with van der Waals surface area (Å²) in [5.74, 6) is 0. The lowest BCUT2D eigenvalue weighted by Crippen LogP contribution is -2.06. The van der Waals surface area contributed by atoms with Gasteiger partial charge in [-0.05, 0) is 12.8 Å². The number of ether oxygens (including phenoxy) is 2. The lowest BCUT2D eigenvalue weighted by Gasteiger charge is -2.05. The maximum atomic E-state index is 5.54. The molecule has 0 saturated heterocycles. The fourth-order valence-electron chi connectivity index (χ4n) is 1.94. The van der Waals surface area contributed by atoms with Crippen LogP contribution in [0.1, 0.15) is 78.1 Å². The minimum absolute atomic E-state index is 0.766. The predicted molar refractivity (Wildman–Crippen MR) is 79.2 cm³/mol. The highest BCUT2D eigenvalue weighted by molar-refractivity contribution is 4.44. The molecule has 0 saturated carbocycles. The highest BCUT2D eigenvalue weighted by atomic mass is 16.5. The van der Waals surface area contributed by atoms with Crippen LogP contribution < -0.4 is 0 Å². The number of unbranched alkanes of at least 4 members (excludes halogenated alkanes) is 8. The summed E-state index contributed by atoms with van der Waals surface area (Å²) >= 11 is 0. The standard InChI is InChI=1S/C16H34O2/c1-3-5-7-9-10-12-14-18-16-15-17-13-11-8-6-4-2/h3-16H2,1-2H3. The first-order valence-electron chi connectivity index (χ1n) is 8.07. The van der Waals surface area contributed by atoms with Gasteiger partial charge in [-0.25, -0.2) is 0 Å². The van der Waals surface area contributed by atoms with Gasteiger partial charge in [0.15, 0.2) is 0 Å². The third kappa shape index (κ3) is 15.9. The first-order chi connectivity index (χ1) is 8.91. The van der Waals surface area contributed by atoms with Crippen LogP contribution in [0.15, 0.2) is 0 Å². The molecule has 0 N–H and O–H groups in total. The molecule has 0 bridgehead atoms. The maximum absolute atomic E-state index is 5.54. The van der Waals surface area contributed by atoms with Gasteiger partial charge in [0.05, 0.1) is 13.2 Å². The molecular weight excluding hydrogens is 224 g/mol. The first-order valence-corrected chi connectivity index (χ1v) is 8.07. The van der Waals surface area contributed by atoms with Crippen molar-refractivity contribution >= 4 is 0 Å². The minimum Gasteiger partial charge on any atom is -0.379 e. The van der Waals surface area contributed by atoms with E-state index in [4.69, 9.17) is 9.47 Å². The summed E-state index contributed by atoms with van der Waals surface area (Å²) in [7, 11) is 0. The Hall–Kier alpha value is -0.0800. The van der Waals surface area contributed by atoms with E-state index >= 15 is 0 Å². The molecule has 0 fully saturated rings. The molecule has 0 unspecified atom stereocenters. The van der Waals surface area contributed by atoms with Crippen molar-refractivity contribution in [1.82, 2.24) is 0 Å². The van der Waals surface area contributed by atoms with E-state index in [9.17, 15) is 0 Å². The average Bonchev–Trinajstić information content (AvgIpc) is 2.39. The molecule has 0 aromatic rings. The maximum Gasteiger partial charge on any atom is 0.0700 e. The summed E-state index contributed by atoms with van der Waals surface area (Å²) in [6.45, 7) is 7.83. The zero-order valence-corrected chi connectivity index (χ0v) is 12.7. The zero-order chi connectivity index (χ0) is 13.3. The first kappa shape index (κ1) is 17.9. The highest BCUT2D eigenvalue weighted by Crippen LogP contribution is 2.04. The van der Waals surface area contributed by atoms with Crippen LogP contribution in [0.4, 0.5) is 0 Å². The summed E-state index contributed by atoms with van der Waals surface area (Å²) in [5.41, 5.74) is 0. The minimum atomic E-state index is 0.766. The lowest BCUT2D eigenvalue weighted by atomic mass is 10.1. The van der Waals surface area contributed by atoms with Crippen molar-refractivity contribution in [3.05, 3.63) is 0 Å². The van der Waals surface area contributed by atoms with Crippen molar-refractivity contribution in [3.8, 4) is 0 Å². The van der Waals surface area contributed by atoms with Gasteiger partial charge in [0.1, 0.15) is 0 Å². The highest BCUT2D eigenvalue weighted by Gasteiger charge is 1.92. The summed E-state index contributed by atoms with van der Waals surface area (Å²) in [6, 6.07) is 0. The van der Waals surface area contributed by atoms with E-state index in [0.29, 0.717) is 0 Å². The molecular formula is C16H34O2. The molecule has 2 heteroatoms. The Bertz CT molecular complexity index is 121. The van der Waals surface area contributed by atoms with Crippen molar-refractivity contribution in [2.45, 2.75) is 78.1 Å². The van der Waals surface area contributed by atoms with Crippen molar-refractivity contribution in [2.75, 3.05) is 26.4 Å². The van der Waals surface area contributed by atoms with Gasteiger partial charge in [0.2, 0.25) is 0 Å². The van der Waals surface area contributed by atoms with Gasteiger partial charge in [-0.15, -0.1) is 0 Å². The Balaban J connectivity index is 2.86. The van der Waals surface area contributed by atoms with Crippen molar-refractivity contribution < 1.29 is 9.47 Å². The molecule has 0 aromatic carbocycles. The second-order valence-electron chi connectivity index (χ2n) is 5.05. The van der Waals surface area contributed by atoms with Crippen molar-refractivity contribution in [2.24, 2.45) is 0 Å². The van der Waals surface area contributed by atoms with Gasteiger partial charge >= 0.3 is 0 Å². The Morgan fingerprint density at radius 1 is 0.444 bits per heavy atom. The molecule has 0 aromatic heterocycles. The molecule has 0 aliphatic carbocycles. The predicted octanol–water partition coefficient (Wildman–Crippen LogP) is 4.96. The number of hydrogen-bond acceptors (Lipinski definition) is 2. The van der Waals surface area contributed by atoms with E-state index in [1.54, 1.807) is 0 Å². The van der Waals surface area contributed by atoms with Crippen LogP contribution in [0, 0.1) is 0 Å². The Kier molecular flexibility index (Phi) is 16.8. The number of rotatable bonds is 15. The summed E-state index contributed by atoms with van der Waals surface area (Å²) in [4.78, 5) is 0. The molecule has 0 aliphatic heterocycles. The van der Waals surface area contributed by atoms with E-state index in [1.165, 1.54) is 64.2 Å². The molecule has 0 radical (unpaired) electrons. The normalized spacial score (nSPS) is 11.0. The van der Waals surface area contributed by atoms with Gasteiger partial charge in [0, 0.05) is 13.2 Å². The summed E-state index contributed by atoms with van der Waals surface area (Å²) < 4.78 is 11.1. The lowest BCUT2D eigenvalue weighted by molar-refractivity contribution is 0.0449. The molecule has 0 amide bonds. The molecule has 2 nitrogen and oxygen atoms in total. The van der Waals surface area contributed by atoms with E-state index < -0.39 is 0 Å². The molecule has 0 spiro atoms. The van der Waals surface area contributed by atoms with E-state index in [-0.39, 0.29) is 0 Å². The summed E-state index contributed by atoms with van der Waals surface area (Å²) in [5, 5.41) is 0.